The minimum absolute atomic E-state index is 0.649. The molecule has 0 heterocycles. The molecule has 118 valence electrons. The van der Waals surface area contributed by atoms with Crippen molar-refractivity contribution in [1.29, 1.82) is 0 Å². The Balaban J connectivity index is 2.09. The van der Waals surface area contributed by atoms with Crippen molar-refractivity contribution < 1.29 is 4.74 Å². The lowest BCUT2D eigenvalue weighted by Gasteiger charge is -2.05. The van der Waals surface area contributed by atoms with Gasteiger partial charge in [-0.2, -0.15) is 0 Å². The number of ether oxygens (including phenoxy) is 1. The van der Waals surface area contributed by atoms with Crippen LogP contribution in [0.1, 0.15) is 63.0 Å². The van der Waals surface area contributed by atoms with Gasteiger partial charge in [-0.25, -0.2) is 0 Å². The summed E-state index contributed by atoms with van der Waals surface area (Å²) in [5, 5.41) is 0. The number of unbranched alkanes of at least 4 members (excludes halogenated alkanes) is 6. The number of hydrogen-bond acceptors (Lipinski definition) is 1. The molecule has 1 nitrogen and oxygen atoms in total. The first-order valence-electron chi connectivity index (χ1n) is 8.63. The molecule has 1 heteroatoms. The van der Waals surface area contributed by atoms with Crippen molar-refractivity contribution >= 4 is 0 Å². The number of benzene rings is 1. The highest BCUT2D eigenvalue weighted by Crippen LogP contribution is 2.12. The van der Waals surface area contributed by atoms with Crippen LogP contribution in [0.15, 0.2) is 36.9 Å². The van der Waals surface area contributed by atoms with E-state index in [1.54, 1.807) is 6.08 Å². The molecular formula is C20H32O. The third-order valence-corrected chi connectivity index (χ3v) is 3.86. The van der Waals surface area contributed by atoms with Gasteiger partial charge in [-0.05, 0) is 30.4 Å². The van der Waals surface area contributed by atoms with E-state index in [1.165, 1.54) is 62.5 Å². The molecule has 1 aromatic carbocycles. The second-order valence-corrected chi connectivity index (χ2v) is 5.80. The van der Waals surface area contributed by atoms with Crippen LogP contribution in [0, 0.1) is 0 Å². The van der Waals surface area contributed by atoms with E-state index in [4.69, 9.17) is 4.74 Å². The van der Waals surface area contributed by atoms with Crippen LogP contribution in [0.2, 0.25) is 0 Å². The van der Waals surface area contributed by atoms with Gasteiger partial charge in [0.05, 0.1) is 13.2 Å². The van der Waals surface area contributed by atoms with E-state index in [0.29, 0.717) is 6.61 Å². The molecule has 1 aromatic rings. The molecule has 0 atom stereocenters. The lowest BCUT2D eigenvalue weighted by Crippen LogP contribution is -1.98. The first-order chi connectivity index (χ1) is 10.4. The molecule has 0 saturated heterocycles. The predicted octanol–water partition coefficient (Wildman–Crippen LogP) is 5.72. The first kappa shape index (κ1) is 18.0. The molecule has 0 aliphatic carbocycles. The lowest BCUT2D eigenvalue weighted by molar-refractivity contribution is 0.166. The Morgan fingerprint density at radius 2 is 1.43 bits per heavy atom. The van der Waals surface area contributed by atoms with Gasteiger partial charge in [0.1, 0.15) is 0 Å². The zero-order valence-corrected chi connectivity index (χ0v) is 13.8. The maximum atomic E-state index is 5.42. The molecule has 0 spiro atoms. The zero-order valence-electron chi connectivity index (χ0n) is 13.8. The summed E-state index contributed by atoms with van der Waals surface area (Å²) < 4.78 is 5.42. The third-order valence-electron chi connectivity index (χ3n) is 3.86. The minimum Gasteiger partial charge on any atom is -0.377 e. The largest absolute Gasteiger partial charge is 0.377 e. The van der Waals surface area contributed by atoms with E-state index >= 15 is 0 Å². The Kier molecular flexibility index (Phi) is 10.8. The van der Waals surface area contributed by atoms with Crippen LogP contribution in [0.4, 0.5) is 0 Å². The van der Waals surface area contributed by atoms with Gasteiger partial charge in [-0.1, -0.05) is 75.8 Å². The van der Waals surface area contributed by atoms with Crippen molar-refractivity contribution in [3.8, 4) is 0 Å². The molecule has 1 rings (SSSR count). The summed E-state index contributed by atoms with van der Waals surface area (Å²) in [6.07, 6.45) is 13.7. The second-order valence-electron chi connectivity index (χ2n) is 5.80. The minimum atomic E-state index is 0.649. The molecule has 0 amide bonds. The van der Waals surface area contributed by atoms with Crippen molar-refractivity contribution in [1.82, 2.24) is 0 Å². The van der Waals surface area contributed by atoms with Gasteiger partial charge < -0.3 is 4.74 Å². The van der Waals surface area contributed by atoms with E-state index in [1.807, 2.05) is 0 Å². The van der Waals surface area contributed by atoms with Crippen molar-refractivity contribution in [2.75, 3.05) is 13.2 Å². The van der Waals surface area contributed by atoms with E-state index in [0.717, 1.165) is 13.0 Å². The average molecular weight is 288 g/mol. The lowest BCUT2D eigenvalue weighted by atomic mass is 10.0. The molecule has 0 aromatic heterocycles. The normalized spacial score (nSPS) is 10.7. The number of rotatable bonds is 13. The van der Waals surface area contributed by atoms with Gasteiger partial charge in [0.25, 0.3) is 0 Å². The van der Waals surface area contributed by atoms with Crippen LogP contribution in [0.25, 0.3) is 0 Å². The molecular weight excluding hydrogens is 256 g/mol. The summed E-state index contributed by atoms with van der Waals surface area (Å²) in [6, 6.07) is 9.04. The molecule has 0 N–H and O–H groups in total. The Bertz CT molecular complexity index is 353. The van der Waals surface area contributed by atoms with Gasteiger partial charge in [0.15, 0.2) is 0 Å². The van der Waals surface area contributed by atoms with Crippen LogP contribution >= 0.6 is 0 Å². The Hall–Kier alpha value is -1.08. The van der Waals surface area contributed by atoms with E-state index < -0.39 is 0 Å². The Morgan fingerprint density at radius 1 is 0.857 bits per heavy atom. The summed E-state index contributed by atoms with van der Waals surface area (Å²) in [5.41, 5.74) is 2.83. The molecule has 0 aliphatic rings. The molecule has 21 heavy (non-hydrogen) atoms. The van der Waals surface area contributed by atoms with Crippen LogP contribution in [-0.4, -0.2) is 13.2 Å². The predicted molar refractivity (Wildman–Crippen MR) is 92.9 cm³/mol. The van der Waals surface area contributed by atoms with Crippen molar-refractivity contribution in [3.63, 3.8) is 0 Å². The maximum Gasteiger partial charge on any atom is 0.0644 e. The highest BCUT2D eigenvalue weighted by atomic mass is 16.5. The molecule has 0 bridgehead atoms. The zero-order chi connectivity index (χ0) is 15.2. The third kappa shape index (κ3) is 9.47. The quantitative estimate of drug-likeness (QED) is 0.333. The Morgan fingerprint density at radius 3 is 2.05 bits per heavy atom. The molecule has 0 saturated carbocycles. The number of aryl methyl sites for hydroxylation is 1. The smallest absolute Gasteiger partial charge is 0.0644 e. The summed E-state index contributed by atoms with van der Waals surface area (Å²) in [7, 11) is 0. The molecule has 0 fully saturated rings. The van der Waals surface area contributed by atoms with E-state index in [-0.39, 0.29) is 0 Å². The van der Waals surface area contributed by atoms with Gasteiger partial charge in [0.2, 0.25) is 0 Å². The molecule has 0 radical (unpaired) electrons. The second kappa shape index (κ2) is 12.6. The fourth-order valence-electron chi connectivity index (χ4n) is 2.52. The van der Waals surface area contributed by atoms with Gasteiger partial charge in [-0.15, -0.1) is 6.58 Å². The fraction of sp³-hybridized carbons (Fsp3) is 0.600. The van der Waals surface area contributed by atoms with Gasteiger partial charge >= 0.3 is 0 Å². The van der Waals surface area contributed by atoms with E-state index in [2.05, 4.69) is 37.8 Å². The van der Waals surface area contributed by atoms with Crippen LogP contribution in [0.3, 0.4) is 0 Å². The summed E-state index contributed by atoms with van der Waals surface area (Å²) in [6.45, 7) is 7.35. The van der Waals surface area contributed by atoms with Crippen LogP contribution in [-0.2, 0) is 17.6 Å². The molecule has 0 aliphatic heterocycles. The van der Waals surface area contributed by atoms with Gasteiger partial charge in [0, 0.05) is 0 Å². The molecule has 0 unspecified atom stereocenters. The van der Waals surface area contributed by atoms with Crippen molar-refractivity contribution in [2.24, 2.45) is 0 Å². The van der Waals surface area contributed by atoms with Crippen LogP contribution < -0.4 is 0 Å². The standard InChI is InChI=1S/C20H32O/c1-3-5-6-7-8-9-10-11-19-12-14-20(15-13-19)16-18-21-17-4-2/h4,12-15H,2-3,5-11,16-18H2,1H3. The van der Waals surface area contributed by atoms with Crippen molar-refractivity contribution in [3.05, 3.63) is 48.0 Å². The van der Waals surface area contributed by atoms with Gasteiger partial charge in [-0.3, -0.25) is 0 Å². The SMILES string of the molecule is C=CCOCCc1ccc(CCCCCCCCC)cc1. The average Bonchev–Trinajstić information content (AvgIpc) is 2.52. The number of hydrogen-bond donors (Lipinski definition) is 0. The summed E-state index contributed by atoms with van der Waals surface area (Å²) >= 11 is 0. The summed E-state index contributed by atoms with van der Waals surface area (Å²) in [4.78, 5) is 0. The topological polar surface area (TPSA) is 9.23 Å². The highest BCUT2D eigenvalue weighted by molar-refractivity contribution is 5.22. The Labute approximate surface area is 131 Å². The fourth-order valence-corrected chi connectivity index (χ4v) is 2.52. The van der Waals surface area contributed by atoms with E-state index in [9.17, 15) is 0 Å². The maximum absolute atomic E-state index is 5.42. The van der Waals surface area contributed by atoms with Crippen molar-refractivity contribution in [2.45, 2.75) is 64.7 Å². The highest BCUT2D eigenvalue weighted by Gasteiger charge is 1.97. The monoisotopic (exact) mass is 288 g/mol. The summed E-state index contributed by atoms with van der Waals surface area (Å²) in [5.74, 6) is 0. The first-order valence-corrected chi connectivity index (χ1v) is 8.63. The van der Waals surface area contributed by atoms with Crippen LogP contribution in [0.5, 0.6) is 0 Å².